The van der Waals surface area contributed by atoms with Crippen molar-refractivity contribution < 1.29 is 4.74 Å². The number of nitrogens with one attached hydrogen (secondary N) is 2. The van der Waals surface area contributed by atoms with Crippen molar-refractivity contribution in [1.82, 2.24) is 15.6 Å². The molecule has 164 valence electrons. The molecule has 2 N–H and O–H groups in total. The molecule has 0 saturated carbocycles. The zero-order valence-electron chi connectivity index (χ0n) is 18.6. The number of aromatic nitrogens is 1. The first-order chi connectivity index (χ1) is 14.7. The number of rotatable bonds is 9. The van der Waals surface area contributed by atoms with Crippen molar-refractivity contribution in [3.8, 4) is 0 Å². The summed E-state index contributed by atoms with van der Waals surface area (Å²) in [5.74, 6) is 1.33. The van der Waals surface area contributed by atoms with E-state index in [4.69, 9.17) is 9.73 Å². The molecule has 0 spiro atoms. The predicted octanol–water partition coefficient (Wildman–Crippen LogP) is 4.81. The van der Waals surface area contributed by atoms with E-state index in [1.54, 1.807) is 11.3 Å². The Labute approximate surface area is 185 Å². The monoisotopic (exact) mass is 428 g/mol. The molecule has 30 heavy (non-hydrogen) atoms. The molecule has 1 fully saturated rings. The average molecular weight is 429 g/mol. The van der Waals surface area contributed by atoms with Gasteiger partial charge < -0.3 is 15.4 Å². The summed E-state index contributed by atoms with van der Waals surface area (Å²) >= 11 is 1.77. The first-order valence-electron chi connectivity index (χ1n) is 11.3. The summed E-state index contributed by atoms with van der Waals surface area (Å²) in [4.78, 5) is 9.43. The van der Waals surface area contributed by atoms with Crippen LogP contribution in [0.15, 0.2) is 34.6 Å². The topological polar surface area (TPSA) is 58.5 Å². The standard InChI is InChI=1S/C24H36N4OS/c1-4-25-24(26-14-6-5-9-22-28-19(3)17-30-22)27-16-21-8-7-15-29-23(21)20-12-10-18(2)11-13-20/h10-13,17,21,23H,4-9,14-16H2,1-3H3,(H2,25,26,27). The van der Waals surface area contributed by atoms with Crippen LogP contribution in [0.3, 0.4) is 0 Å². The maximum absolute atomic E-state index is 6.15. The third-order valence-electron chi connectivity index (χ3n) is 5.46. The molecule has 2 unspecified atom stereocenters. The van der Waals surface area contributed by atoms with E-state index < -0.39 is 0 Å². The summed E-state index contributed by atoms with van der Waals surface area (Å²) in [6.45, 7) is 9.72. The van der Waals surface area contributed by atoms with Crippen LogP contribution in [0.1, 0.15) is 60.5 Å². The van der Waals surface area contributed by atoms with Gasteiger partial charge in [0.15, 0.2) is 5.96 Å². The minimum Gasteiger partial charge on any atom is -0.373 e. The van der Waals surface area contributed by atoms with Crippen molar-refractivity contribution >= 4 is 17.3 Å². The van der Waals surface area contributed by atoms with Crippen molar-refractivity contribution in [2.24, 2.45) is 10.9 Å². The first kappa shape index (κ1) is 22.8. The van der Waals surface area contributed by atoms with Crippen LogP contribution in [0.25, 0.3) is 0 Å². The maximum Gasteiger partial charge on any atom is 0.191 e. The molecule has 1 saturated heterocycles. The number of aryl methyl sites for hydroxylation is 3. The van der Waals surface area contributed by atoms with Crippen molar-refractivity contribution in [2.45, 2.75) is 59.0 Å². The van der Waals surface area contributed by atoms with Gasteiger partial charge in [-0.2, -0.15) is 0 Å². The third-order valence-corrected chi connectivity index (χ3v) is 6.48. The van der Waals surface area contributed by atoms with Gasteiger partial charge in [-0.3, -0.25) is 4.99 Å². The Hall–Kier alpha value is -1.92. The van der Waals surface area contributed by atoms with Crippen LogP contribution < -0.4 is 10.6 Å². The Morgan fingerprint density at radius 3 is 2.77 bits per heavy atom. The zero-order valence-corrected chi connectivity index (χ0v) is 19.4. The van der Waals surface area contributed by atoms with Crippen LogP contribution in [0.2, 0.25) is 0 Å². The molecule has 0 amide bonds. The highest BCUT2D eigenvalue weighted by Gasteiger charge is 2.27. The van der Waals surface area contributed by atoms with Crippen molar-refractivity contribution in [1.29, 1.82) is 0 Å². The molecule has 1 aromatic heterocycles. The average Bonchev–Trinajstić information content (AvgIpc) is 3.17. The highest BCUT2D eigenvalue weighted by Crippen LogP contribution is 2.33. The molecular formula is C24H36N4OS. The number of aliphatic imine (C=N–C) groups is 1. The van der Waals surface area contributed by atoms with E-state index in [9.17, 15) is 0 Å². The number of benzene rings is 1. The van der Waals surface area contributed by atoms with Gasteiger partial charge in [0, 0.05) is 43.2 Å². The minimum atomic E-state index is 0.146. The Kier molecular flexibility index (Phi) is 9.15. The van der Waals surface area contributed by atoms with Crippen molar-refractivity contribution in [3.63, 3.8) is 0 Å². The largest absolute Gasteiger partial charge is 0.373 e. The lowest BCUT2D eigenvalue weighted by Gasteiger charge is -2.31. The van der Waals surface area contributed by atoms with Crippen LogP contribution in [0.4, 0.5) is 0 Å². The second-order valence-electron chi connectivity index (χ2n) is 8.09. The SMILES string of the molecule is CCNC(=NCC1CCCOC1c1ccc(C)cc1)NCCCCc1nc(C)cs1. The molecule has 3 rings (SSSR count). The maximum atomic E-state index is 6.15. The predicted molar refractivity (Wildman–Crippen MR) is 126 cm³/mol. The molecule has 0 radical (unpaired) electrons. The summed E-state index contributed by atoms with van der Waals surface area (Å²) in [6.07, 6.45) is 5.74. The van der Waals surface area contributed by atoms with Gasteiger partial charge in [-0.1, -0.05) is 29.8 Å². The fourth-order valence-corrected chi connectivity index (χ4v) is 4.65. The molecule has 0 bridgehead atoms. The molecule has 1 aromatic carbocycles. The molecule has 6 heteroatoms. The number of thiazole rings is 1. The number of guanidine groups is 1. The molecule has 2 atom stereocenters. The first-order valence-corrected chi connectivity index (χ1v) is 12.1. The molecule has 2 heterocycles. The summed E-state index contributed by atoms with van der Waals surface area (Å²) in [6, 6.07) is 8.75. The lowest BCUT2D eigenvalue weighted by molar-refractivity contribution is -0.0250. The van der Waals surface area contributed by atoms with Gasteiger partial charge in [-0.25, -0.2) is 4.98 Å². The van der Waals surface area contributed by atoms with Gasteiger partial charge in [0.1, 0.15) is 0 Å². The summed E-state index contributed by atoms with van der Waals surface area (Å²) < 4.78 is 6.15. The fraction of sp³-hybridized carbons (Fsp3) is 0.583. The lowest BCUT2D eigenvalue weighted by Crippen LogP contribution is -2.38. The molecule has 0 aliphatic carbocycles. The van der Waals surface area contributed by atoms with Crippen LogP contribution in [-0.4, -0.2) is 37.2 Å². The number of hydrogen-bond donors (Lipinski definition) is 2. The van der Waals surface area contributed by atoms with E-state index in [1.807, 2.05) is 0 Å². The van der Waals surface area contributed by atoms with Gasteiger partial charge >= 0.3 is 0 Å². The molecule has 2 aromatic rings. The Bertz CT molecular complexity index is 787. The quantitative estimate of drug-likeness (QED) is 0.342. The number of hydrogen-bond acceptors (Lipinski definition) is 4. The summed E-state index contributed by atoms with van der Waals surface area (Å²) in [5.41, 5.74) is 3.69. The molecule has 5 nitrogen and oxygen atoms in total. The van der Waals surface area contributed by atoms with Gasteiger partial charge in [-0.05, 0) is 58.4 Å². The van der Waals surface area contributed by atoms with E-state index in [0.29, 0.717) is 5.92 Å². The second-order valence-corrected chi connectivity index (χ2v) is 9.03. The molecule has 1 aliphatic rings. The van der Waals surface area contributed by atoms with E-state index in [-0.39, 0.29) is 6.10 Å². The van der Waals surface area contributed by atoms with Gasteiger partial charge in [0.2, 0.25) is 0 Å². The Morgan fingerprint density at radius 1 is 1.20 bits per heavy atom. The highest BCUT2D eigenvalue weighted by atomic mass is 32.1. The van der Waals surface area contributed by atoms with Crippen molar-refractivity contribution in [3.05, 3.63) is 51.5 Å². The Balaban J connectivity index is 1.48. The van der Waals surface area contributed by atoms with E-state index in [1.165, 1.54) is 16.1 Å². The van der Waals surface area contributed by atoms with Crippen LogP contribution >= 0.6 is 11.3 Å². The number of nitrogens with zero attached hydrogens (tertiary/aromatic N) is 2. The molecule has 1 aliphatic heterocycles. The highest BCUT2D eigenvalue weighted by molar-refractivity contribution is 7.09. The number of unbranched alkanes of at least 4 members (excludes halogenated alkanes) is 1. The zero-order chi connectivity index (χ0) is 21.2. The normalized spacial score (nSPS) is 19.6. The Morgan fingerprint density at radius 2 is 2.03 bits per heavy atom. The van der Waals surface area contributed by atoms with E-state index in [2.05, 4.69) is 66.0 Å². The van der Waals surface area contributed by atoms with Gasteiger partial charge in [0.25, 0.3) is 0 Å². The minimum absolute atomic E-state index is 0.146. The smallest absolute Gasteiger partial charge is 0.191 e. The van der Waals surface area contributed by atoms with Crippen LogP contribution in [0.5, 0.6) is 0 Å². The van der Waals surface area contributed by atoms with Gasteiger partial charge in [-0.15, -0.1) is 11.3 Å². The van der Waals surface area contributed by atoms with Crippen LogP contribution in [-0.2, 0) is 11.2 Å². The van der Waals surface area contributed by atoms with Crippen molar-refractivity contribution in [2.75, 3.05) is 26.2 Å². The van der Waals surface area contributed by atoms with Gasteiger partial charge in [0.05, 0.1) is 11.1 Å². The van der Waals surface area contributed by atoms with E-state index >= 15 is 0 Å². The lowest BCUT2D eigenvalue weighted by atomic mass is 9.89. The summed E-state index contributed by atoms with van der Waals surface area (Å²) in [5, 5.41) is 10.2. The summed E-state index contributed by atoms with van der Waals surface area (Å²) in [7, 11) is 0. The second kappa shape index (κ2) is 12.1. The molecular weight excluding hydrogens is 392 g/mol. The van der Waals surface area contributed by atoms with Crippen LogP contribution in [0, 0.1) is 19.8 Å². The van der Waals surface area contributed by atoms with E-state index in [0.717, 1.165) is 70.0 Å². The number of ether oxygens (including phenoxy) is 1. The fourth-order valence-electron chi connectivity index (χ4n) is 3.83. The third kappa shape index (κ3) is 7.10.